The van der Waals surface area contributed by atoms with Crippen molar-refractivity contribution in [2.45, 2.75) is 10.8 Å². The van der Waals surface area contributed by atoms with E-state index in [4.69, 9.17) is 0 Å². The van der Waals surface area contributed by atoms with Gasteiger partial charge < -0.3 is 0 Å². The van der Waals surface area contributed by atoms with E-state index in [1.807, 2.05) is 0 Å². The van der Waals surface area contributed by atoms with Crippen molar-refractivity contribution in [3.05, 3.63) is 143 Å². The van der Waals surface area contributed by atoms with Crippen molar-refractivity contribution in [2.75, 3.05) is 0 Å². The van der Waals surface area contributed by atoms with Gasteiger partial charge in [-0.3, -0.25) is 0 Å². The fourth-order valence-electron chi connectivity index (χ4n) is 7.90. The minimum atomic E-state index is -0.157. The number of fused-ring (bicyclic) bond motifs is 3. The molecule has 0 heteroatoms. The van der Waals surface area contributed by atoms with Crippen LogP contribution in [-0.2, 0) is 10.8 Å². The van der Waals surface area contributed by atoms with Crippen LogP contribution in [0.2, 0.25) is 0 Å². The highest BCUT2D eigenvalue weighted by Crippen LogP contribution is 2.78. The largest absolute Gasteiger partial charge is 0.0651 e. The SMILES string of the molecule is c1ccc2c3c(ccc2c1)C12c4cccc5cccc(c45)C31c1cccc3cccc2c13. The molecule has 0 radical (unpaired) electrons. The zero-order chi connectivity index (χ0) is 20.7. The van der Waals surface area contributed by atoms with Crippen molar-refractivity contribution >= 4 is 32.3 Å². The van der Waals surface area contributed by atoms with Gasteiger partial charge in [0, 0.05) is 0 Å². The average molecular weight is 402 g/mol. The fourth-order valence-corrected chi connectivity index (χ4v) is 7.90. The fraction of sp³-hybridized carbons (Fsp3) is 0.0625. The molecule has 0 spiro atoms. The summed E-state index contributed by atoms with van der Waals surface area (Å²) in [4.78, 5) is 0. The molecule has 0 fully saturated rings. The van der Waals surface area contributed by atoms with Crippen LogP contribution in [0.1, 0.15) is 33.4 Å². The van der Waals surface area contributed by atoms with Gasteiger partial charge in [0.1, 0.15) is 0 Å². The zero-order valence-electron chi connectivity index (χ0n) is 17.4. The zero-order valence-corrected chi connectivity index (χ0v) is 17.4. The molecule has 146 valence electrons. The molecule has 0 bridgehead atoms. The van der Waals surface area contributed by atoms with Gasteiger partial charge in [-0.15, -0.1) is 0 Å². The maximum Gasteiger partial charge on any atom is 0.0651 e. The number of hydrogen-bond acceptors (Lipinski definition) is 0. The summed E-state index contributed by atoms with van der Waals surface area (Å²) in [5, 5.41) is 8.36. The predicted molar refractivity (Wildman–Crippen MR) is 132 cm³/mol. The van der Waals surface area contributed by atoms with Gasteiger partial charge >= 0.3 is 0 Å². The second-order valence-electron chi connectivity index (χ2n) is 9.63. The van der Waals surface area contributed by atoms with Crippen LogP contribution < -0.4 is 0 Å². The lowest BCUT2D eigenvalue weighted by molar-refractivity contribution is 0.398. The van der Waals surface area contributed by atoms with Gasteiger partial charge in [-0.2, -0.15) is 0 Å². The summed E-state index contributed by atoms with van der Waals surface area (Å²) in [6.07, 6.45) is 0. The number of benzene rings is 6. The van der Waals surface area contributed by atoms with Crippen LogP contribution in [0, 0.1) is 0 Å². The molecular weight excluding hydrogens is 384 g/mol. The van der Waals surface area contributed by atoms with Crippen molar-refractivity contribution in [3.63, 3.8) is 0 Å². The van der Waals surface area contributed by atoms with Crippen LogP contribution in [0.25, 0.3) is 32.3 Å². The molecule has 0 unspecified atom stereocenters. The molecule has 0 amide bonds. The van der Waals surface area contributed by atoms with E-state index in [9.17, 15) is 0 Å². The van der Waals surface area contributed by atoms with E-state index in [0.717, 1.165) is 0 Å². The second kappa shape index (κ2) is 4.79. The lowest BCUT2D eigenvalue weighted by Gasteiger charge is -2.56. The minimum Gasteiger partial charge on any atom is -0.0616 e. The van der Waals surface area contributed by atoms with Crippen LogP contribution in [0.3, 0.4) is 0 Å². The third-order valence-electron chi connectivity index (χ3n) is 8.70. The summed E-state index contributed by atoms with van der Waals surface area (Å²) in [6, 6.07) is 41.5. The normalized spacial score (nSPS) is 23.2. The highest BCUT2D eigenvalue weighted by Gasteiger charge is 2.73. The Morgan fingerprint density at radius 1 is 0.344 bits per heavy atom. The topological polar surface area (TPSA) is 0 Å². The van der Waals surface area contributed by atoms with Crippen molar-refractivity contribution in [1.29, 1.82) is 0 Å². The first kappa shape index (κ1) is 15.8. The van der Waals surface area contributed by atoms with Crippen LogP contribution in [0.4, 0.5) is 0 Å². The molecule has 0 atom stereocenters. The molecule has 0 saturated carbocycles. The second-order valence-corrected chi connectivity index (χ2v) is 9.63. The molecule has 6 aromatic carbocycles. The van der Waals surface area contributed by atoms with Gasteiger partial charge in [0.2, 0.25) is 0 Å². The van der Waals surface area contributed by atoms with E-state index in [0.29, 0.717) is 0 Å². The Labute approximate surface area is 185 Å². The van der Waals surface area contributed by atoms with Gasteiger partial charge in [0.05, 0.1) is 10.8 Å². The summed E-state index contributed by atoms with van der Waals surface area (Å²) in [6.45, 7) is 0. The molecule has 0 N–H and O–H groups in total. The summed E-state index contributed by atoms with van der Waals surface area (Å²) in [7, 11) is 0. The van der Waals surface area contributed by atoms with E-state index in [-0.39, 0.29) is 10.8 Å². The smallest absolute Gasteiger partial charge is 0.0616 e. The molecule has 3 aliphatic carbocycles. The summed E-state index contributed by atoms with van der Waals surface area (Å²) in [5.74, 6) is 0. The lowest BCUT2D eigenvalue weighted by Crippen LogP contribution is -2.55. The van der Waals surface area contributed by atoms with Gasteiger partial charge in [0.15, 0.2) is 0 Å². The Kier molecular flexibility index (Phi) is 2.37. The van der Waals surface area contributed by atoms with E-state index in [1.165, 1.54) is 65.7 Å². The number of rotatable bonds is 0. The third-order valence-corrected chi connectivity index (χ3v) is 8.70. The summed E-state index contributed by atoms with van der Waals surface area (Å²) >= 11 is 0. The van der Waals surface area contributed by atoms with E-state index in [1.54, 1.807) is 0 Å². The molecule has 0 heterocycles. The molecular formula is C32H18. The van der Waals surface area contributed by atoms with Gasteiger partial charge in [0.25, 0.3) is 0 Å². The minimum absolute atomic E-state index is 0.140. The Morgan fingerprint density at radius 3 is 1.44 bits per heavy atom. The van der Waals surface area contributed by atoms with Gasteiger partial charge in [-0.05, 0) is 65.7 Å². The predicted octanol–water partition coefficient (Wildman–Crippen LogP) is 7.46. The van der Waals surface area contributed by atoms with Crippen molar-refractivity contribution in [3.8, 4) is 0 Å². The Bertz CT molecular complexity index is 1740. The highest BCUT2D eigenvalue weighted by molar-refractivity contribution is 6.12. The molecule has 6 aromatic rings. The Hall–Kier alpha value is -3.90. The summed E-state index contributed by atoms with van der Waals surface area (Å²) in [5.41, 5.74) is 8.64. The maximum atomic E-state index is 2.42. The number of hydrogen-bond donors (Lipinski definition) is 0. The first-order valence-corrected chi connectivity index (χ1v) is 11.5. The molecule has 3 aliphatic rings. The highest BCUT2D eigenvalue weighted by atomic mass is 14.7. The van der Waals surface area contributed by atoms with E-state index in [2.05, 4.69) is 109 Å². The van der Waals surface area contributed by atoms with Crippen LogP contribution >= 0.6 is 0 Å². The lowest BCUT2D eigenvalue weighted by atomic mass is 9.44. The molecule has 0 aromatic heterocycles. The quantitative estimate of drug-likeness (QED) is 0.247. The van der Waals surface area contributed by atoms with Crippen molar-refractivity contribution in [2.24, 2.45) is 0 Å². The van der Waals surface area contributed by atoms with Crippen LogP contribution in [0.15, 0.2) is 109 Å². The van der Waals surface area contributed by atoms with Crippen molar-refractivity contribution < 1.29 is 0 Å². The molecule has 0 aliphatic heterocycles. The van der Waals surface area contributed by atoms with Crippen LogP contribution in [-0.4, -0.2) is 0 Å². The first-order chi connectivity index (χ1) is 15.9. The Morgan fingerprint density at radius 2 is 0.844 bits per heavy atom. The Balaban J connectivity index is 1.64. The molecule has 9 rings (SSSR count). The third kappa shape index (κ3) is 1.29. The molecule has 0 nitrogen and oxygen atoms in total. The van der Waals surface area contributed by atoms with Gasteiger partial charge in [-0.1, -0.05) is 109 Å². The van der Waals surface area contributed by atoms with E-state index >= 15 is 0 Å². The maximum absolute atomic E-state index is 2.42. The standard InChI is InChI=1S/C32H18/c1-2-12-22-19(7-1)17-18-27-30(22)32-25-15-5-10-20-8-3-13-23(28(20)25)31(27,32)24-14-4-9-21-11-6-16-26(32)29(21)24/h1-18H. The van der Waals surface area contributed by atoms with Crippen molar-refractivity contribution in [1.82, 2.24) is 0 Å². The molecule has 32 heavy (non-hydrogen) atoms. The monoisotopic (exact) mass is 402 g/mol. The van der Waals surface area contributed by atoms with Crippen LogP contribution in [0.5, 0.6) is 0 Å². The average Bonchev–Trinajstić information content (AvgIpc) is 3.18. The van der Waals surface area contributed by atoms with Gasteiger partial charge in [-0.25, -0.2) is 0 Å². The summed E-state index contributed by atoms with van der Waals surface area (Å²) < 4.78 is 0. The first-order valence-electron chi connectivity index (χ1n) is 11.5. The van der Waals surface area contributed by atoms with E-state index < -0.39 is 0 Å². The molecule has 0 saturated heterocycles.